The predicted molar refractivity (Wildman–Crippen MR) is 95.9 cm³/mol. The lowest BCUT2D eigenvalue weighted by Crippen LogP contribution is -2.26. The topological polar surface area (TPSA) is 97.1 Å². The molecule has 132 valence electrons. The van der Waals surface area contributed by atoms with E-state index in [9.17, 15) is 9.59 Å². The van der Waals surface area contributed by atoms with E-state index in [0.717, 1.165) is 17.2 Å². The van der Waals surface area contributed by atoms with Gasteiger partial charge in [0.05, 0.1) is 5.56 Å². The second-order valence-electron chi connectivity index (χ2n) is 5.76. The number of aromatic carboxylic acids is 1. The Bertz CT molecular complexity index is 935. The number of benzene rings is 2. The highest BCUT2D eigenvalue weighted by molar-refractivity contribution is 5.97. The maximum absolute atomic E-state index is 12.2. The number of aromatic nitrogens is 3. The standard InChI is InChI=1S/C19H18N4O3/c1-23-16(21-22-17(23)13-6-3-2-4-7-13)10-11-20-18(24)14-8-5-9-15(12-14)19(25)26/h2-9,12H,10-11H2,1H3,(H,20,24)(H,25,26). The second kappa shape index (κ2) is 7.60. The average molecular weight is 350 g/mol. The molecule has 26 heavy (non-hydrogen) atoms. The summed E-state index contributed by atoms with van der Waals surface area (Å²) in [6.45, 7) is 0.372. The van der Waals surface area contributed by atoms with Crippen LogP contribution in [-0.4, -0.2) is 38.3 Å². The van der Waals surface area contributed by atoms with E-state index < -0.39 is 5.97 Å². The van der Waals surface area contributed by atoms with Crippen LogP contribution in [0.5, 0.6) is 0 Å². The van der Waals surface area contributed by atoms with Crippen LogP contribution in [0.4, 0.5) is 0 Å². The van der Waals surface area contributed by atoms with Crippen molar-refractivity contribution in [3.8, 4) is 11.4 Å². The summed E-state index contributed by atoms with van der Waals surface area (Å²) in [5.41, 5.74) is 1.37. The van der Waals surface area contributed by atoms with Gasteiger partial charge in [0.1, 0.15) is 5.82 Å². The summed E-state index contributed by atoms with van der Waals surface area (Å²) < 4.78 is 1.90. The summed E-state index contributed by atoms with van der Waals surface area (Å²) in [6.07, 6.45) is 0.515. The molecule has 0 radical (unpaired) electrons. The van der Waals surface area contributed by atoms with Crippen molar-refractivity contribution in [2.45, 2.75) is 6.42 Å². The van der Waals surface area contributed by atoms with Crippen LogP contribution in [0.1, 0.15) is 26.5 Å². The Morgan fingerprint density at radius 3 is 2.50 bits per heavy atom. The molecule has 0 aliphatic heterocycles. The average Bonchev–Trinajstić information content (AvgIpc) is 3.03. The first-order valence-electron chi connectivity index (χ1n) is 8.11. The summed E-state index contributed by atoms with van der Waals surface area (Å²) >= 11 is 0. The van der Waals surface area contributed by atoms with Crippen LogP contribution >= 0.6 is 0 Å². The van der Waals surface area contributed by atoms with Gasteiger partial charge in [-0.1, -0.05) is 36.4 Å². The number of rotatable bonds is 6. The van der Waals surface area contributed by atoms with E-state index in [1.54, 1.807) is 12.1 Å². The molecule has 0 aliphatic rings. The largest absolute Gasteiger partial charge is 0.478 e. The molecule has 0 saturated heterocycles. The highest BCUT2D eigenvalue weighted by atomic mass is 16.4. The van der Waals surface area contributed by atoms with E-state index in [1.165, 1.54) is 12.1 Å². The van der Waals surface area contributed by atoms with E-state index in [-0.39, 0.29) is 11.5 Å². The Morgan fingerprint density at radius 1 is 1.04 bits per heavy atom. The summed E-state index contributed by atoms with van der Waals surface area (Å²) in [6, 6.07) is 15.7. The number of amides is 1. The molecule has 2 N–H and O–H groups in total. The number of carboxylic acid groups (broad SMARTS) is 1. The molecule has 1 amide bonds. The van der Waals surface area contributed by atoms with Crippen LogP contribution in [0.2, 0.25) is 0 Å². The summed E-state index contributed by atoms with van der Waals surface area (Å²) in [7, 11) is 1.88. The number of carboxylic acids is 1. The van der Waals surface area contributed by atoms with Gasteiger partial charge in [0.25, 0.3) is 5.91 Å². The van der Waals surface area contributed by atoms with Crippen molar-refractivity contribution in [2.75, 3.05) is 6.54 Å². The van der Waals surface area contributed by atoms with Gasteiger partial charge in [-0.25, -0.2) is 4.79 Å². The lowest BCUT2D eigenvalue weighted by Gasteiger charge is -2.07. The molecule has 1 aromatic heterocycles. The molecular weight excluding hydrogens is 332 g/mol. The fraction of sp³-hybridized carbons (Fsp3) is 0.158. The molecule has 2 aromatic carbocycles. The molecule has 7 nitrogen and oxygen atoms in total. The molecule has 0 spiro atoms. The SMILES string of the molecule is Cn1c(CCNC(=O)c2cccc(C(=O)O)c2)nnc1-c1ccccc1. The molecular formula is C19H18N4O3. The van der Waals surface area contributed by atoms with Crippen molar-refractivity contribution in [1.29, 1.82) is 0 Å². The van der Waals surface area contributed by atoms with Crippen molar-refractivity contribution in [1.82, 2.24) is 20.1 Å². The molecule has 0 unspecified atom stereocenters. The molecule has 0 aliphatic carbocycles. The van der Waals surface area contributed by atoms with Gasteiger partial charge in [0.15, 0.2) is 5.82 Å². The smallest absolute Gasteiger partial charge is 0.335 e. The normalized spacial score (nSPS) is 10.5. The maximum Gasteiger partial charge on any atom is 0.335 e. The van der Waals surface area contributed by atoms with Gasteiger partial charge >= 0.3 is 5.97 Å². The molecule has 3 aromatic rings. The van der Waals surface area contributed by atoms with Crippen LogP contribution in [0.25, 0.3) is 11.4 Å². The van der Waals surface area contributed by atoms with E-state index in [1.807, 2.05) is 41.9 Å². The van der Waals surface area contributed by atoms with Gasteiger partial charge in [-0.15, -0.1) is 10.2 Å². The third-order valence-corrected chi connectivity index (χ3v) is 4.00. The summed E-state index contributed by atoms with van der Waals surface area (Å²) in [5.74, 6) is 0.134. The Labute approximate surface area is 150 Å². The van der Waals surface area contributed by atoms with Crippen LogP contribution in [0.15, 0.2) is 54.6 Å². The zero-order valence-electron chi connectivity index (χ0n) is 14.2. The minimum Gasteiger partial charge on any atom is -0.478 e. The molecule has 1 heterocycles. The number of hydrogen-bond acceptors (Lipinski definition) is 4. The van der Waals surface area contributed by atoms with Gasteiger partial charge in [-0.05, 0) is 18.2 Å². The molecule has 7 heteroatoms. The van der Waals surface area contributed by atoms with Crippen LogP contribution in [0.3, 0.4) is 0 Å². The van der Waals surface area contributed by atoms with Crippen molar-refractivity contribution in [3.05, 3.63) is 71.5 Å². The van der Waals surface area contributed by atoms with Gasteiger partial charge in [0.2, 0.25) is 0 Å². The van der Waals surface area contributed by atoms with E-state index >= 15 is 0 Å². The number of nitrogens with one attached hydrogen (secondary N) is 1. The Morgan fingerprint density at radius 2 is 1.77 bits per heavy atom. The number of hydrogen-bond donors (Lipinski definition) is 2. The summed E-state index contributed by atoms with van der Waals surface area (Å²) in [5, 5.41) is 20.2. The van der Waals surface area contributed by atoms with Gasteiger partial charge < -0.3 is 15.0 Å². The van der Waals surface area contributed by atoms with Crippen molar-refractivity contribution >= 4 is 11.9 Å². The van der Waals surface area contributed by atoms with Gasteiger partial charge in [-0.3, -0.25) is 4.79 Å². The monoisotopic (exact) mass is 350 g/mol. The van der Waals surface area contributed by atoms with Crippen molar-refractivity contribution < 1.29 is 14.7 Å². The second-order valence-corrected chi connectivity index (χ2v) is 5.76. The number of nitrogens with zero attached hydrogens (tertiary/aromatic N) is 3. The Balaban J connectivity index is 1.62. The van der Waals surface area contributed by atoms with Crippen molar-refractivity contribution in [2.24, 2.45) is 7.05 Å². The fourth-order valence-electron chi connectivity index (χ4n) is 2.60. The highest BCUT2D eigenvalue weighted by Gasteiger charge is 2.12. The first-order chi connectivity index (χ1) is 12.6. The zero-order valence-corrected chi connectivity index (χ0v) is 14.2. The van der Waals surface area contributed by atoms with E-state index in [0.29, 0.717) is 18.5 Å². The molecule has 0 bridgehead atoms. The Hall–Kier alpha value is -3.48. The third-order valence-electron chi connectivity index (χ3n) is 4.00. The Kier molecular flexibility index (Phi) is 5.07. The fourth-order valence-corrected chi connectivity index (χ4v) is 2.60. The predicted octanol–water partition coefficient (Wildman–Crippen LogP) is 2.15. The minimum absolute atomic E-state index is 0.0819. The quantitative estimate of drug-likeness (QED) is 0.710. The lowest BCUT2D eigenvalue weighted by molar-refractivity contribution is 0.0697. The van der Waals surface area contributed by atoms with Crippen LogP contribution in [0, 0.1) is 0 Å². The molecule has 0 saturated carbocycles. The maximum atomic E-state index is 12.2. The van der Waals surface area contributed by atoms with E-state index in [2.05, 4.69) is 15.5 Å². The summed E-state index contributed by atoms with van der Waals surface area (Å²) in [4.78, 5) is 23.2. The molecule has 0 fully saturated rings. The number of carbonyl (C=O) groups excluding carboxylic acids is 1. The molecule has 0 atom stereocenters. The van der Waals surface area contributed by atoms with Crippen LogP contribution in [-0.2, 0) is 13.5 Å². The van der Waals surface area contributed by atoms with E-state index in [4.69, 9.17) is 5.11 Å². The first-order valence-corrected chi connectivity index (χ1v) is 8.11. The van der Waals surface area contributed by atoms with Gasteiger partial charge in [0, 0.05) is 31.1 Å². The zero-order chi connectivity index (χ0) is 18.5. The van der Waals surface area contributed by atoms with Crippen LogP contribution < -0.4 is 5.32 Å². The van der Waals surface area contributed by atoms with Crippen molar-refractivity contribution in [3.63, 3.8) is 0 Å². The number of carbonyl (C=O) groups is 2. The lowest BCUT2D eigenvalue weighted by atomic mass is 10.1. The highest BCUT2D eigenvalue weighted by Crippen LogP contribution is 2.16. The molecule has 3 rings (SSSR count). The minimum atomic E-state index is -1.06. The first kappa shape index (κ1) is 17.3. The third kappa shape index (κ3) is 3.77. The van der Waals surface area contributed by atoms with Gasteiger partial charge in [-0.2, -0.15) is 0 Å².